The molecule has 4 aliphatic carbocycles. The highest BCUT2D eigenvalue weighted by atomic mass is 32.1. The fraction of sp³-hybridized carbons (Fsp3) is 0.657. The SMILES string of the molecule is COC1CN(C(=O)c2c(NC(=O)C3CC3)sc3c2CCCC3)C1.O=C(Nc1sc2c(c1C(=O)N1CCCCC1)CCCC2)C1CC1. The maximum absolute atomic E-state index is 13.1. The van der Waals surface area contributed by atoms with Gasteiger partial charge >= 0.3 is 0 Å². The largest absolute Gasteiger partial charge is 0.378 e. The number of piperidine rings is 1. The molecular weight excluding hydrogens is 621 g/mol. The summed E-state index contributed by atoms with van der Waals surface area (Å²) in [7, 11) is 1.68. The quantitative estimate of drug-likeness (QED) is 0.374. The van der Waals surface area contributed by atoms with E-state index in [2.05, 4.69) is 10.6 Å². The van der Waals surface area contributed by atoms with Gasteiger partial charge in [0.05, 0.1) is 17.2 Å². The summed E-state index contributed by atoms with van der Waals surface area (Å²) in [6.45, 7) is 3.02. The van der Waals surface area contributed by atoms with E-state index in [1.54, 1.807) is 29.8 Å². The zero-order valence-electron chi connectivity index (χ0n) is 26.9. The number of aryl methyl sites for hydroxylation is 2. The first-order chi connectivity index (χ1) is 22.4. The van der Waals surface area contributed by atoms with Gasteiger partial charge in [0, 0.05) is 54.9 Å². The third kappa shape index (κ3) is 6.78. The van der Waals surface area contributed by atoms with Crippen molar-refractivity contribution in [3.8, 4) is 0 Å². The van der Waals surface area contributed by atoms with Crippen molar-refractivity contribution in [2.45, 2.75) is 102 Å². The molecule has 4 amide bonds. The summed E-state index contributed by atoms with van der Waals surface area (Å²) < 4.78 is 5.27. The van der Waals surface area contributed by atoms with Gasteiger partial charge in [0.2, 0.25) is 11.8 Å². The minimum absolute atomic E-state index is 0.0591. The summed E-state index contributed by atoms with van der Waals surface area (Å²) in [6, 6.07) is 0. The summed E-state index contributed by atoms with van der Waals surface area (Å²) in [5.74, 6) is 0.720. The zero-order valence-corrected chi connectivity index (χ0v) is 28.6. The van der Waals surface area contributed by atoms with Crippen LogP contribution in [0.1, 0.15) is 112 Å². The van der Waals surface area contributed by atoms with Gasteiger partial charge in [0.25, 0.3) is 11.8 Å². The molecular formula is C35H46N4O5S2. The number of fused-ring (bicyclic) bond motifs is 2. The maximum Gasteiger partial charge on any atom is 0.257 e. The van der Waals surface area contributed by atoms with E-state index in [9.17, 15) is 19.2 Å². The topological polar surface area (TPSA) is 108 Å². The maximum atomic E-state index is 13.1. The number of ether oxygens (including phenoxy) is 1. The second kappa shape index (κ2) is 13.8. The van der Waals surface area contributed by atoms with Gasteiger partial charge in [-0.25, -0.2) is 0 Å². The number of hydrogen-bond donors (Lipinski definition) is 2. The van der Waals surface area contributed by atoms with Crippen LogP contribution in [-0.2, 0) is 40.0 Å². The number of anilines is 2. The molecule has 8 rings (SSSR count). The van der Waals surface area contributed by atoms with Gasteiger partial charge in [-0.05, 0) is 107 Å². The van der Waals surface area contributed by atoms with E-state index in [4.69, 9.17) is 4.74 Å². The molecule has 2 aromatic heterocycles. The molecule has 4 heterocycles. The second-order valence-corrected chi connectivity index (χ2v) is 16.0. The van der Waals surface area contributed by atoms with Crippen molar-refractivity contribution in [3.63, 3.8) is 0 Å². The molecule has 0 aromatic carbocycles. The Balaban J connectivity index is 0.000000147. The Morgan fingerprint density at radius 1 is 0.630 bits per heavy atom. The van der Waals surface area contributed by atoms with Crippen molar-refractivity contribution in [1.82, 2.24) is 9.80 Å². The number of likely N-dealkylation sites (tertiary alicyclic amines) is 2. The molecule has 9 nitrogen and oxygen atoms in total. The van der Waals surface area contributed by atoms with Crippen molar-refractivity contribution in [1.29, 1.82) is 0 Å². The van der Waals surface area contributed by atoms with Crippen LogP contribution in [0.25, 0.3) is 0 Å². The summed E-state index contributed by atoms with van der Waals surface area (Å²) in [5.41, 5.74) is 3.98. The molecule has 0 bridgehead atoms. The van der Waals surface area contributed by atoms with Crippen molar-refractivity contribution in [3.05, 3.63) is 32.0 Å². The molecule has 2 N–H and O–H groups in total. The van der Waals surface area contributed by atoms with E-state index in [0.29, 0.717) is 13.1 Å². The Morgan fingerprint density at radius 2 is 1.09 bits per heavy atom. The van der Waals surface area contributed by atoms with E-state index in [0.717, 1.165) is 111 Å². The van der Waals surface area contributed by atoms with Crippen LogP contribution in [0.15, 0.2) is 0 Å². The summed E-state index contributed by atoms with van der Waals surface area (Å²) in [6.07, 6.45) is 16.2. The first-order valence-corrected chi connectivity index (χ1v) is 19.1. The molecule has 11 heteroatoms. The highest BCUT2D eigenvalue weighted by Gasteiger charge is 2.38. The molecule has 0 spiro atoms. The molecule has 248 valence electrons. The Bertz CT molecular complexity index is 1490. The lowest BCUT2D eigenvalue weighted by atomic mass is 9.94. The third-order valence-corrected chi connectivity index (χ3v) is 12.7. The lowest BCUT2D eigenvalue weighted by Crippen LogP contribution is -2.54. The van der Waals surface area contributed by atoms with Gasteiger partial charge in [-0.1, -0.05) is 0 Å². The number of thiophene rings is 2. The van der Waals surface area contributed by atoms with Gasteiger partial charge < -0.3 is 25.2 Å². The number of hydrogen-bond acceptors (Lipinski definition) is 7. The summed E-state index contributed by atoms with van der Waals surface area (Å²) >= 11 is 3.26. The monoisotopic (exact) mass is 666 g/mol. The van der Waals surface area contributed by atoms with Crippen molar-refractivity contribution in [2.75, 3.05) is 43.9 Å². The molecule has 0 atom stereocenters. The number of carbonyl (C=O) groups excluding carboxylic acids is 4. The van der Waals surface area contributed by atoms with E-state index < -0.39 is 0 Å². The van der Waals surface area contributed by atoms with Gasteiger partial charge in [0.1, 0.15) is 10.0 Å². The molecule has 0 unspecified atom stereocenters. The predicted molar refractivity (Wildman–Crippen MR) is 181 cm³/mol. The fourth-order valence-corrected chi connectivity index (χ4v) is 9.61. The minimum Gasteiger partial charge on any atom is -0.378 e. The molecule has 6 aliphatic rings. The van der Waals surface area contributed by atoms with Crippen molar-refractivity contribution < 1.29 is 23.9 Å². The first-order valence-electron chi connectivity index (χ1n) is 17.4. The van der Waals surface area contributed by atoms with Gasteiger partial charge in [-0.15, -0.1) is 22.7 Å². The standard InChI is InChI=1S/C18H24N2O2S.C17H22N2O3S/c21-16(12-8-9-12)19-17-15(13-6-2-3-7-14(13)23-17)18(22)20-10-4-1-5-11-20;1-22-11-8-19(9-11)17(21)14-12-4-2-3-5-13(12)23-16(14)18-15(20)10-6-7-10/h12H,1-11H2,(H,19,21);10-11H,2-9H2,1H3,(H,18,20). The summed E-state index contributed by atoms with van der Waals surface area (Å²) in [5, 5.41) is 7.72. The Hall–Kier alpha value is -2.76. The molecule has 46 heavy (non-hydrogen) atoms. The van der Waals surface area contributed by atoms with E-state index in [-0.39, 0.29) is 41.6 Å². The van der Waals surface area contributed by atoms with Crippen LogP contribution in [0.5, 0.6) is 0 Å². The van der Waals surface area contributed by atoms with Crippen molar-refractivity contribution >= 4 is 56.3 Å². The van der Waals surface area contributed by atoms with Crippen LogP contribution in [-0.4, -0.2) is 72.8 Å². The van der Waals surface area contributed by atoms with E-state index in [1.165, 1.54) is 40.1 Å². The highest BCUT2D eigenvalue weighted by Crippen LogP contribution is 2.42. The highest BCUT2D eigenvalue weighted by molar-refractivity contribution is 7.17. The minimum atomic E-state index is 0.0591. The number of carbonyl (C=O) groups is 4. The van der Waals surface area contributed by atoms with Crippen LogP contribution < -0.4 is 10.6 Å². The van der Waals surface area contributed by atoms with Crippen LogP contribution in [0.2, 0.25) is 0 Å². The zero-order chi connectivity index (χ0) is 31.8. The molecule has 2 aromatic rings. The van der Waals surface area contributed by atoms with Crippen LogP contribution in [0, 0.1) is 11.8 Å². The molecule has 2 aliphatic heterocycles. The number of nitrogens with one attached hydrogen (secondary N) is 2. The smallest absolute Gasteiger partial charge is 0.257 e. The fourth-order valence-electron chi connectivity index (χ4n) is 7.05. The molecule has 2 saturated carbocycles. The third-order valence-electron chi connectivity index (χ3n) is 10.3. The van der Waals surface area contributed by atoms with E-state index in [1.807, 2.05) is 9.80 Å². The van der Waals surface area contributed by atoms with Gasteiger partial charge in [0.15, 0.2) is 0 Å². The van der Waals surface area contributed by atoms with Crippen LogP contribution >= 0.6 is 22.7 Å². The van der Waals surface area contributed by atoms with Gasteiger partial charge in [-0.2, -0.15) is 0 Å². The Labute approximate surface area is 279 Å². The van der Waals surface area contributed by atoms with Crippen molar-refractivity contribution in [2.24, 2.45) is 11.8 Å². The number of nitrogens with zero attached hydrogens (tertiary/aromatic N) is 2. The number of amides is 4. The number of methoxy groups -OCH3 is 1. The molecule has 2 saturated heterocycles. The van der Waals surface area contributed by atoms with Crippen LogP contribution in [0.4, 0.5) is 10.0 Å². The van der Waals surface area contributed by atoms with Gasteiger partial charge in [-0.3, -0.25) is 19.2 Å². The Morgan fingerprint density at radius 3 is 1.54 bits per heavy atom. The molecule has 0 radical (unpaired) electrons. The average molecular weight is 667 g/mol. The normalized spacial score (nSPS) is 20.9. The first kappa shape index (κ1) is 31.8. The van der Waals surface area contributed by atoms with Crippen LogP contribution in [0.3, 0.4) is 0 Å². The number of rotatable bonds is 7. The lowest BCUT2D eigenvalue weighted by Gasteiger charge is -2.38. The second-order valence-electron chi connectivity index (χ2n) is 13.8. The predicted octanol–water partition coefficient (Wildman–Crippen LogP) is 6.05. The van der Waals surface area contributed by atoms with E-state index >= 15 is 0 Å². The Kier molecular flexibility index (Phi) is 9.52. The lowest BCUT2D eigenvalue weighted by molar-refractivity contribution is -0.118. The summed E-state index contributed by atoms with van der Waals surface area (Å²) in [4.78, 5) is 56.8. The average Bonchev–Trinajstić information content (AvgIpc) is 3.99. The molecule has 4 fully saturated rings.